The van der Waals surface area contributed by atoms with Crippen molar-refractivity contribution in [3.8, 4) is 10.6 Å². The first-order valence-corrected chi connectivity index (χ1v) is 10.8. The van der Waals surface area contributed by atoms with Crippen molar-refractivity contribution in [2.24, 2.45) is 0 Å². The third-order valence-electron chi connectivity index (χ3n) is 5.45. The van der Waals surface area contributed by atoms with Crippen molar-refractivity contribution >= 4 is 28.1 Å². The quantitative estimate of drug-likeness (QED) is 0.646. The van der Waals surface area contributed by atoms with Gasteiger partial charge in [-0.15, -0.1) is 20.4 Å². The monoisotopic (exact) mass is 400 g/mol. The van der Waals surface area contributed by atoms with E-state index in [9.17, 15) is 0 Å². The van der Waals surface area contributed by atoms with Gasteiger partial charge in [-0.1, -0.05) is 47.6 Å². The third kappa shape index (κ3) is 3.12. The van der Waals surface area contributed by atoms with Gasteiger partial charge in [0.15, 0.2) is 10.8 Å². The molecule has 0 saturated carbocycles. The highest BCUT2D eigenvalue weighted by atomic mass is 35.5. The second-order valence-electron chi connectivity index (χ2n) is 7.16. The van der Waals surface area contributed by atoms with Crippen LogP contribution in [0.25, 0.3) is 10.6 Å². The molecule has 2 aliphatic rings. The fourth-order valence-electron chi connectivity index (χ4n) is 4.09. The lowest BCUT2D eigenvalue weighted by Gasteiger charge is -2.23. The number of benzene rings is 1. The molecule has 0 aliphatic carbocycles. The van der Waals surface area contributed by atoms with Crippen LogP contribution >= 0.6 is 22.9 Å². The molecule has 4 heterocycles. The Morgan fingerprint density at radius 2 is 1.89 bits per heavy atom. The van der Waals surface area contributed by atoms with Crippen LogP contribution in [0.5, 0.6) is 0 Å². The van der Waals surface area contributed by atoms with E-state index in [1.165, 1.54) is 19.3 Å². The van der Waals surface area contributed by atoms with E-state index in [0.29, 0.717) is 5.02 Å². The summed E-state index contributed by atoms with van der Waals surface area (Å²) >= 11 is 7.94. The van der Waals surface area contributed by atoms with E-state index in [-0.39, 0.29) is 6.04 Å². The molecule has 0 amide bonds. The number of rotatable bonds is 3. The van der Waals surface area contributed by atoms with Crippen molar-refractivity contribution in [1.82, 2.24) is 25.0 Å². The summed E-state index contributed by atoms with van der Waals surface area (Å²) in [7, 11) is 0. The van der Waals surface area contributed by atoms with Crippen LogP contribution in [0.4, 0.5) is 5.13 Å². The minimum atomic E-state index is 0.233. The maximum absolute atomic E-state index is 6.34. The summed E-state index contributed by atoms with van der Waals surface area (Å²) in [6.45, 7) is 2.01. The van der Waals surface area contributed by atoms with Crippen molar-refractivity contribution < 1.29 is 0 Å². The van der Waals surface area contributed by atoms with Gasteiger partial charge >= 0.3 is 0 Å². The topological polar surface area (TPSA) is 59.7 Å². The van der Waals surface area contributed by atoms with Crippen LogP contribution in [0.2, 0.25) is 5.02 Å². The maximum atomic E-state index is 6.34. The van der Waals surface area contributed by atoms with Crippen LogP contribution in [0.1, 0.15) is 49.8 Å². The lowest BCUT2D eigenvalue weighted by molar-refractivity contribution is 0.559. The first-order valence-electron chi connectivity index (χ1n) is 9.58. The smallest absolute Gasteiger partial charge is 0.209 e. The molecule has 0 N–H and O–H groups in total. The molecule has 1 saturated heterocycles. The summed E-state index contributed by atoms with van der Waals surface area (Å²) in [5, 5.41) is 20.5. The van der Waals surface area contributed by atoms with Crippen LogP contribution in [0.3, 0.4) is 0 Å². The Morgan fingerprint density at radius 3 is 2.81 bits per heavy atom. The number of halogens is 1. The molecule has 6 nitrogen and oxygen atoms in total. The van der Waals surface area contributed by atoms with Gasteiger partial charge in [0, 0.05) is 25.1 Å². The number of aryl methyl sites for hydroxylation is 1. The zero-order valence-electron chi connectivity index (χ0n) is 15.0. The molecule has 0 spiro atoms. The van der Waals surface area contributed by atoms with Gasteiger partial charge in [0.25, 0.3) is 0 Å². The van der Waals surface area contributed by atoms with E-state index in [1.807, 2.05) is 24.3 Å². The molecule has 140 valence electrons. The minimum absolute atomic E-state index is 0.233. The van der Waals surface area contributed by atoms with Crippen molar-refractivity contribution in [3.05, 3.63) is 40.9 Å². The zero-order valence-corrected chi connectivity index (χ0v) is 16.6. The summed E-state index contributed by atoms with van der Waals surface area (Å²) in [6, 6.07) is 8.03. The first kappa shape index (κ1) is 17.1. The van der Waals surface area contributed by atoms with Gasteiger partial charge in [-0.05, 0) is 31.7 Å². The van der Waals surface area contributed by atoms with Gasteiger partial charge in [-0.3, -0.25) is 0 Å². The van der Waals surface area contributed by atoms with Gasteiger partial charge in [-0.2, -0.15) is 0 Å². The Kier molecular flexibility index (Phi) is 4.57. The molecule has 2 aliphatic heterocycles. The molecule has 1 unspecified atom stereocenters. The highest BCUT2D eigenvalue weighted by Gasteiger charge is 2.33. The number of anilines is 1. The normalized spacial score (nSPS) is 19.9. The SMILES string of the molecule is Clc1ccccc1-c1nnc(N2CCCC2c2nnc3n2CCCCC3)s1. The molecule has 0 radical (unpaired) electrons. The molecule has 0 bridgehead atoms. The molecule has 3 aromatic rings. The van der Waals surface area contributed by atoms with Crippen LogP contribution in [0, 0.1) is 0 Å². The largest absolute Gasteiger partial charge is 0.336 e. The summed E-state index contributed by atoms with van der Waals surface area (Å²) in [6.07, 6.45) is 6.95. The van der Waals surface area contributed by atoms with Crippen LogP contribution in [-0.4, -0.2) is 31.5 Å². The summed E-state index contributed by atoms with van der Waals surface area (Å²) < 4.78 is 2.35. The molecular weight excluding hydrogens is 380 g/mol. The van der Waals surface area contributed by atoms with Gasteiger partial charge in [0.05, 0.1) is 11.1 Å². The standard InChI is InChI=1S/C19H21ClN6S/c20-14-8-4-3-7-13(14)18-23-24-19(27-18)25-12-6-9-15(25)17-22-21-16-10-2-1-5-11-26(16)17/h3-4,7-8,15H,1-2,5-6,9-12H2. The van der Waals surface area contributed by atoms with Crippen molar-refractivity contribution in [3.63, 3.8) is 0 Å². The van der Waals surface area contributed by atoms with Gasteiger partial charge < -0.3 is 9.47 Å². The predicted octanol–water partition coefficient (Wildman–Crippen LogP) is 4.52. The third-order valence-corrected chi connectivity index (χ3v) is 6.78. The molecular formula is C19H21ClN6S. The fourth-order valence-corrected chi connectivity index (χ4v) is 5.33. The van der Waals surface area contributed by atoms with Gasteiger partial charge in [0.2, 0.25) is 5.13 Å². The average molecular weight is 401 g/mol. The number of hydrogen-bond donors (Lipinski definition) is 0. The van der Waals surface area contributed by atoms with E-state index in [4.69, 9.17) is 11.6 Å². The van der Waals surface area contributed by atoms with Gasteiger partial charge in [0.1, 0.15) is 5.82 Å². The molecule has 2 aromatic heterocycles. The maximum Gasteiger partial charge on any atom is 0.209 e. The van der Waals surface area contributed by atoms with Crippen molar-refractivity contribution in [1.29, 1.82) is 0 Å². The van der Waals surface area contributed by atoms with E-state index >= 15 is 0 Å². The second kappa shape index (κ2) is 7.20. The summed E-state index contributed by atoms with van der Waals surface area (Å²) in [5.41, 5.74) is 0.940. The Hall–Kier alpha value is -1.99. The first-order chi connectivity index (χ1) is 13.3. The average Bonchev–Trinajstić information content (AvgIpc) is 3.38. The van der Waals surface area contributed by atoms with E-state index in [0.717, 1.165) is 59.7 Å². The lowest BCUT2D eigenvalue weighted by atomic mass is 10.2. The predicted molar refractivity (Wildman–Crippen MR) is 107 cm³/mol. The van der Waals surface area contributed by atoms with Gasteiger partial charge in [-0.25, -0.2) is 0 Å². The highest BCUT2D eigenvalue weighted by molar-refractivity contribution is 7.18. The van der Waals surface area contributed by atoms with Crippen LogP contribution in [0.15, 0.2) is 24.3 Å². The highest BCUT2D eigenvalue weighted by Crippen LogP contribution is 2.40. The number of aromatic nitrogens is 5. The second-order valence-corrected chi connectivity index (χ2v) is 8.52. The van der Waals surface area contributed by atoms with Crippen molar-refractivity contribution in [2.75, 3.05) is 11.4 Å². The Balaban J connectivity index is 1.46. The molecule has 1 fully saturated rings. The Morgan fingerprint density at radius 1 is 0.963 bits per heavy atom. The summed E-state index contributed by atoms with van der Waals surface area (Å²) in [4.78, 5) is 2.35. The lowest BCUT2D eigenvalue weighted by Crippen LogP contribution is -2.25. The Bertz CT molecular complexity index is 951. The molecule has 1 atom stereocenters. The van der Waals surface area contributed by atoms with Crippen molar-refractivity contribution in [2.45, 2.75) is 51.1 Å². The molecule has 1 aromatic carbocycles. The minimum Gasteiger partial charge on any atom is -0.336 e. The fraction of sp³-hybridized carbons (Fsp3) is 0.474. The van der Waals surface area contributed by atoms with Crippen LogP contribution in [-0.2, 0) is 13.0 Å². The van der Waals surface area contributed by atoms with E-state index < -0.39 is 0 Å². The van der Waals surface area contributed by atoms with E-state index in [1.54, 1.807) is 11.3 Å². The summed E-state index contributed by atoms with van der Waals surface area (Å²) in [5.74, 6) is 2.24. The molecule has 8 heteroatoms. The molecule has 27 heavy (non-hydrogen) atoms. The molecule has 5 rings (SSSR count). The Labute approximate surface area is 167 Å². The van der Waals surface area contributed by atoms with E-state index in [2.05, 4.69) is 29.9 Å². The number of fused-ring (bicyclic) bond motifs is 1. The number of hydrogen-bond acceptors (Lipinski definition) is 6. The zero-order chi connectivity index (χ0) is 18.2. The number of nitrogens with zero attached hydrogens (tertiary/aromatic N) is 6. The van der Waals surface area contributed by atoms with Crippen LogP contribution < -0.4 is 4.90 Å².